The van der Waals surface area contributed by atoms with Crippen molar-refractivity contribution < 1.29 is 9.84 Å². The summed E-state index contributed by atoms with van der Waals surface area (Å²) in [5.41, 5.74) is 2.67. The van der Waals surface area contributed by atoms with Crippen molar-refractivity contribution in [1.82, 2.24) is 9.97 Å². The minimum absolute atomic E-state index is 0.208. The zero-order valence-corrected chi connectivity index (χ0v) is 19.5. The van der Waals surface area contributed by atoms with Crippen LogP contribution in [0.25, 0.3) is 21.8 Å². The minimum Gasteiger partial charge on any atom is -0.506 e. The van der Waals surface area contributed by atoms with Crippen LogP contribution in [0.5, 0.6) is 11.5 Å². The van der Waals surface area contributed by atoms with Gasteiger partial charge in [0.05, 0.1) is 0 Å². The normalized spacial score (nSPS) is 10.5. The maximum atomic E-state index is 9.46. The van der Waals surface area contributed by atoms with Gasteiger partial charge in [0.25, 0.3) is 0 Å². The monoisotopic (exact) mass is 536 g/mol. The number of hydrogen-bond donors (Lipinski definition) is 1. The maximum Gasteiger partial charge on any atom is 0.147 e. The minimum atomic E-state index is 0.208. The van der Waals surface area contributed by atoms with Crippen molar-refractivity contribution >= 4 is 53.7 Å². The predicted octanol–water partition coefficient (Wildman–Crippen LogP) is 7.28. The second kappa shape index (κ2) is 9.90. The molecule has 0 unspecified atom stereocenters. The number of phenols is 1. The molecule has 0 saturated heterocycles. The van der Waals surface area contributed by atoms with Crippen LogP contribution in [0.4, 0.5) is 0 Å². The van der Waals surface area contributed by atoms with Crippen molar-refractivity contribution in [3.05, 3.63) is 106 Å². The highest BCUT2D eigenvalue weighted by Gasteiger charge is 2.05. The van der Waals surface area contributed by atoms with Gasteiger partial charge in [0, 0.05) is 32.1 Å². The van der Waals surface area contributed by atoms with Gasteiger partial charge in [0.15, 0.2) is 0 Å². The van der Waals surface area contributed by atoms with Crippen LogP contribution in [0, 0.1) is 0 Å². The molecule has 0 fully saturated rings. The van der Waals surface area contributed by atoms with Gasteiger partial charge in [-0.15, -0.1) is 0 Å². The van der Waals surface area contributed by atoms with Crippen molar-refractivity contribution in [2.45, 2.75) is 6.61 Å². The molecule has 0 amide bonds. The highest BCUT2D eigenvalue weighted by molar-refractivity contribution is 9.10. The number of rotatable bonds is 3. The third-order valence-corrected chi connectivity index (χ3v) is 5.44. The first-order valence-corrected chi connectivity index (χ1v) is 11.1. The Morgan fingerprint density at radius 1 is 0.710 bits per heavy atom. The Morgan fingerprint density at radius 3 is 2.03 bits per heavy atom. The average molecular weight is 538 g/mol. The van der Waals surface area contributed by atoms with E-state index < -0.39 is 0 Å². The molecule has 154 valence electrons. The summed E-state index contributed by atoms with van der Waals surface area (Å²) >= 11 is 6.80. The number of ether oxygens (including phenoxy) is 1. The first kappa shape index (κ1) is 21.3. The Balaban J connectivity index is 0.000000166. The fraction of sp³-hybridized carbons (Fsp3) is 0.0400. The molecule has 5 aromatic rings. The topological polar surface area (TPSA) is 55.2 Å². The van der Waals surface area contributed by atoms with Gasteiger partial charge in [-0.3, -0.25) is 9.97 Å². The highest BCUT2D eigenvalue weighted by Crippen LogP contribution is 2.29. The molecule has 0 aliphatic rings. The third-order valence-electron chi connectivity index (χ3n) is 4.52. The molecule has 1 N–H and O–H groups in total. The average Bonchev–Trinajstić information content (AvgIpc) is 2.78. The summed E-state index contributed by atoms with van der Waals surface area (Å²) in [5, 5.41) is 11.5. The van der Waals surface area contributed by atoms with Crippen molar-refractivity contribution in [3.8, 4) is 11.5 Å². The lowest BCUT2D eigenvalue weighted by molar-refractivity contribution is 0.309. The van der Waals surface area contributed by atoms with Crippen LogP contribution in [-0.2, 0) is 6.61 Å². The molecular formula is C25H18Br2N2O2. The molecule has 0 spiro atoms. The molecule has 2 heterocycles. The molecule has 0 saturated carbocycles. The molecule has 2 aromatic heterocycles. The Hall–Kier alpha value is -2.96. The zero-order valence-electron chi connectivity index (χ0n) is 16.4. The van der Waals surface area contributed by atoms with E-state index in [-0.39, 0.29) is 5.75 Å². The van der Waals surface area contributed by atoms with E-state index in [4.69, 9.17) is 4.74 Å². The fourth-order valence-corrected chi connectivity index (χ4v) is 4.02. The van der Waals surface area contributed by atoms with Crippen LogP contribution >= 0.6 is 31.9 Å². The van der Waals surface area contributed by atoms with Crippen molar-refractivity contribution in [1.29, 1.82) is 0 Å². The largest absolute Gasteiger partial charge is 0.506 e. The Labute approximate surface area is 196 Å². The number of aromatic nitrogens is 2. The zero-order chi connectivity index (χ0) is 21.6. The molecule has 31 heavy (non-hydrogen) atoms. The van der Waals surface area contributed by atoms with Crippen LogP contribution in [0.3, 0.4) is 0 Å². The lowest BCUT2D eigenvalue weighted by Crippen LogP contribution is -1.96. The van der Waals surface area contributed by atoms with Crippen LogP contribution in [0.2, 0.25) is 0 Å². The van der Waals surface area contributed by atoms with Crippen molar-refractivity contribution in [2.24, 2.45) is 0 Å². The van der Waals surface area contributed by atoms with E-state index in [0.717, 1.165) is 36.5 Å². The molecule has 0 bridgehead atoms. The Morgan fingerprint density at radius 2 is 1.32 bits per heavy atom. The van der Waals surface area contributed by atoms with Gasteiger partial charge in [0.2, 0.25) is 0 Å². The molecule has 4 nitrogen and oxygen atoms in total. The van der Waals surface area contributed by atoms with E-state index in [1.807, 2.05) is 72.8 Å². The standard InChI is InChI=1S/C16H12BrNO.C9H6BrNO/c17-14-9-13-7-4-8-18-16(13)15(10-14)19-11-12-5-2-1-3-6-12;10-7-4-6-2-1-3-11-9(6)8(12)5-7/h1-10H,11H2;1-5,12H. The molecular weight excluding hydrogens is 520 g/mol. The number of nitrogens with zero attached hydrogens (tertiary/aromatic N) is 2. The van der Waals surface area contributed by atoms with E-state index in [1.54, 1.807) is 18.5 Å². The molecule has 0 radical (unpaired) electrons. The number of fused-ring (bicyclic) bond motifs is 2. The summed E-state index contributed by atoms with van der Waals surface area (Å²) in [7, 11) is 0. The second-order valence-electron chi connectivity index (χ2n) is 6.75. The lowest BCUT2D eigenvalue weighted by Gasteiger charge is -2.09. The molecule has 0 atom stereocenters. The number of halogens is 2. The molecule has 0 aliphatic carbocycles. The molecule has 0 aliphatic heterocycles. The molecule has 6 heteroatoms. The van der Waals surface area contributed by atoms with E-state index in [9.17, 15) is 5.11 Å². The predicted molar refractivity (Wildman–Crippen MR) is 131 cm³/mol. The first-order valence-electron chi connectivity index (χ1n) is 9.54. The number of hydrogen-bond acceptors (Lipinski definition) is 4. The Kier molecular flexibility index (Phi) is 6.79. The first-order chi connectivity index (χ1) is 15.1. The quantitative estimate of drug-likeness (QED) is 0.263. The van der Waals surface area contributed by atoms with E-state index >= 15 is 0 Å². The van der Waals surface area contributed by atoms with Crippen LogP contribution in [0.15, 0.2) is 100 Å². The van der Waals surface area contributed by atoms with Crippen molar-refractivity contribution in [3.63, 3.8) is 0 Å². The summed E-state index contributed by atoms with van der Waals surface area (Å²) in [6, 6.07) is 25.4. The van der Waals surface area contributed by atoms with E-state index in [0.29, 0.717) is 12.1 Å². The number of aromatic hydroxyl groups is 1. The van der Waals surface area contributed by atoms with Gasteiger partial charge < -0.3 is 9.84 Å². The van der Waals surface area contributed by atoms with Crippen LogP contribution in [0.1, 0.15) is 5.56 Å². The van der Waals surface area contributed by atoms with Gasteiger partial charge in [-0.2, -0.15) is 0 Å². The van der Waals surface area contributed by atoms with Gasteiger partial charge in [-0.05, 0) is 42.0 Å². The summed E-state index contributed by atoms with van der Waals surface area (Å²) in [4.78, 5) is 8.44. The Bertz CT molecular complexity index is 1330. The van der Waals surface area contributed by atoms with Crippen molar-refractivity contribution in [2.75, 3.05) is 0 Å². The summed E-state index contributed by atoms with van der Waals surface area (Å²) in [5.74, 6) is 1.01. The van der Waals surface area contributed by atoms with E-state index in [1.165, 1.54) is 0 Å². The van der Waals surface area contributed by atoms with Crippen LogP contribution < -0.4 is 4.74 Å². The third kappa shape index (κ3) is 5.40. The number of pyridine rings is 2. The SMILES string of the molecule is Brc1cc(OCc2ccccc2)c2ncccc2c1.Oc1cc(Br)cc2cccnc12. The maximum absolute atomic E-state index is 9.46. The molecule has 5 rings (SSSR count). The summed E-state index contributed by atoms with van der Waals surface area (Å²) in [6.07, 6.45) is 3.45. The fourth-order valence-electron chi connectivity index (χ4n) is 3.11. The van der Waals surface area contributed by atoms with Gasteiger partial charge in [-0.1, -0.05) is 74.3 Å². The van der Waals surface area contributed by atoms with Gasteiger partial charge in [0.1, 0.15) is 29.1 Å². The number of benzene rings is 3. The van der Waals surface area contributed by atoms with E-state index in [2.05, 4.69) is 41.8 Å². The van der Waals surface area contributed by atoms with Gasteiger partial charge in [-0.25, -0.2) is 0 Å². The molecule has 3 aromatic carbocycles. The summed E-state index contributed by atoms with van der Waals surface area (Å²) in [6.45, 7) is 0.545. The lowest BCUT2D eigenvalue weighted by atomic mass is 10.2. The summed E-state index contributed by atoms with van der Waals surface area (Å²) < 4.78 is 7.75. The second-order valence-corrected chi connectivity index (χ2v) is 8.58. The highest BCUT2D eigenvalue weighted by atomic mass is 79.9. The smallest absolute Gasteiger partial charge is 0.147 e. The van der Waals surface area contributed by atoms with Gasteiger partial charge >= 0.3 is 0 Å². The van der Waals surface area contributed by atoms with Crippen LogP contribution in [-0.4, -0.2) is 15.1 Å². The number of phenolic OH excluding ortho intramolecular Hbond substituents is 1.